The molecule has 0 saturated heterocycles. The van der Waals surface area contributed by atoms with E-state index in [4.69, 9.17) is 16.0 Å². The molecule has 0 radical (unpaired) electrons. The Morgan fingerprint density at radius 1 is 1.38 bits per heavy atom. The lowest BCUT2D eigenvalue weighted by Gasteiger charge is -2.19. The predicted octanol–water partition coefficient (Wildman–Crippen LogP) is 4.63. The van der Waals surface area contributed by atoms with Gasteiger partial charge >= 0.3 is 0 Å². The summed E-state index contributed by atoms with van der Waals surface area (Å²) in [6, 6.07) is 9.19. The monoisotopic (exact) mass is 365 g/mol. The van der Waals surface area contributed by atoms with Crippen molar-refractivity contribution >= 4 is 33.2 Å². The van der Waals surface area contributed by atoms with Crippen LogP contribution in [-0.4, -0.2) is 9.55 Å². The van der Waals surface area contributed by atoms with E-state index in [1.54, 1.807) is 12.5 Å². The standard InChI is InChI=1S/C15H13BrClN3O/c1-20-7-6-18-15(20)14(13-3-2-8-21-13)19-12-9-10(17)4-5-11(12)16/h2-9,14,19H,1H3. The van der Waals surface area contributed by atoms with Gasteiger partial charge in [-0.05, 0) is 46.3 Å². The molecule has 2 heterocycles. The zero-order valence-electron chi connectivity index (χ0n) is 11.3. The minimum atomic E-state index is -0.199. The van der Waals surface area contributed by atoms with E-state index in [-0.39, 0.29) is 6.04 Å². The van der Waals surface area contributed by atoms with Crippen LogP contribution in [0.5, 0.6) is 0 Å². The number of imidazole rings is 1. The van der Waals surface area contributed by atoms with Crippen molar-refractivity contribution in [3.8, 4) is 0 Å². The number of halogens is 2. The third-order valence-electron chi connectivity index (χ3n) is 3.17. The quantitative estimate of drug-likeness (QED) is 0.732. The molecule has 3 rings (SSSR count). The fraction of sp³-hybridized carbons (Fsp3) is 0.133. The molecule has 0 amide bonds. The molecule has 0 aliphatic heterocycles. The second-order valence-electron chi connectivity index (χ2n) is 4.61. The normalized spacial score (nSPS) is 12.3. The highest BCUT2D eigenvalue weighted by atomic mass is 79.9. The molecule has 0 spiro atoms. The van der Waals surface area contributed by atoms with Gasteiger partial charge < -0.3 is 14.3 Å². The molecule has 0 bridgehead atoms. The van der Waals surface area contributed by atoms with Gasteiger partial charge in [-0.3, -0.25) is 0 Å². The fourth-order valence-electron chi connectivity index (χ4n) is 2.14. The van der Waals surface area contributed by atoms with E-state index in [0.29, 0.717) is 5.02 Å². The van der Waals surface area contributed by atoms with Gasteiger partial charge in [-0.15, -0.1) is 0 Å². The summed E-state index contributed by atoms with van der Waals surface area (Å²) in [5.74, 6) is 1.65. The van der Waals surface area contributed by atoms with E-state index in [2.05, 4.69) is 26.2 Å². The number of anilines is 1. The van der Waals surface area contributed by atoms with Crippen molar-refractivity contribution < 1.29 is 4.42 Å². The summed E-state index contributed by atoms with van der Waals surface area (Å²) < 4.78 is 8.44. The van der Waals surface area contributed by atoms with Gasteiger partial charge in [0.2, 0.25) is 0 Å². The van der Waals surface area contributed by atoms with Crippen molar-refractivity contribution in [2.75, 3.05) is 5.32 Å². The molecule has 2 aromatic heterocycles. The number of benzene rings is 1. The summed E-state index contributed by atoms with van der Waals surface area (Å²) in [6.45, 7) is 0. The maximum atomic E-state index is 6.08. The van der Waals surface area contributed by atoms with Crippen molar-refractivity contribution in [2.24, 2.45) is 7.05 Å². The largest absolute Gasteiger partial charge is 0.467 e. The van der Waals surface area contributed by atoms with Crippen LogP contribution in [0.15, 0.2) is 57.9 Å². The molecular weight excluding hydrogens is 354 g/mol. The Morgan fingerprint density at radius 2 is 2.24 bits per heavy atom. The van der Waals surface area contributed by atoms with Gasteiger partial charge in [-0.1, -0.05) is 11.6 Å². The lowest BCUT2D eigenvalue weighted by Crippen LogP contribution is -2.16. The third kappa shape index (κ3) is 2.99. The number of hydrogen-bond donors (Lipinski definition) is 1. The van der Waals surface area contributed by atoms with Crippen LogP contribution in [0.4, 0.5) is 5.69 Å². The molecular formula is C15H13BrClN3O. The smallest absolute Gasteiger partial charge is 0.143 e. The molecule has 4 nitrogen and oxygen atoms in total. The molecule has 0 saturated carbocycles. The van der Waals surface area contributed by atoms with E-state index in [0.717, 1.165) is 21.7 Å². The molecule has 21 heavy (non-hydrogen) atoms. The van der Waals surface area contributed by atoms with Crippen molar-refractivity contribution in [2.45, 2.75) is 6.04 Å². The first kappa shape index (κ1) is 14.2. The molecule has 1 unspecified atom stereocenters. The van der Waals surface area contributed by atoms with Crippen molar-refractivity contribution in [1.82, 2.24) is 9.55 Å². The zero-order chi connectivity index (χ0) is 14.8. The third-order valence-corrected chi connectivity index (χ3v) is 4.10. The Labute approximate surface area is 135 Å². The van der Waals surface area contributed by atoms with Crippen LogP contribution in [-0.2, 0) is 7.05 Å². The Kier molecular flexibility index (Phi) is 4.03. The molecule has 108 valence electrons. The minimum Gasteiger partial charge on any atom is -0.467 e. The summed E-state index contributed by atoms with van der Waals surface area (Å²) in [5, 5.41) is 4.09. The van der Waals surface area contributed by atoms with Crippen LogP contribution >= 0.6 is 27.5 Å². The van der Waals surface area contributed by atoms with Gasteiger partial charge in [0.15, 0.2) is 0 Å². The summed E-state index contributed by atoms with van der Waals surface area (Å²) in [6.07, 6.45) is 5.32. The molecule has 0 aliphatic carbocycles. The highest BCUT2D eigenvalue weighted by Gasteiger charge is 2.21. The van der Waals surface area contributed by atoms with E-state index < -0.39 is 0 Å². The van der Waals surface area contributed by atoms with Crippen LogP contribution in [0.2, 0.25) is 5.02 Å². The van der Waals surface area contributed by atoms with E-state index in [1.807, 2.05) is 48.1 Å². The Balaban J connectivity index is 2.01. The Bertz CT molecular complexity index is 739. The maximum absolute atomic E-state index is 6.08. The summed E-state index contributed by atoms with van der Waals surface area (Å²) in [4.78, 5) is 4.41. The average molecular weight is 367 g/mol. The molecule has 3 aromatic rings. The van der Waals surface area contributed by atoms with Crippen LogP contribution in [0.25, 0.3) is 0 Å². The van der Waals surface area contributed by atoms with Crippen LogP contribution in [0.1, 0.15) is 17.6 Å². The van der Waals surface area contributed by atoms with Gasteiger partial charge in [-0.25, -0.2) is 4.98 Å². The predicted molar refractivity (Wildman–Crippen MR) is 86.5 cm³/mol. The topological polar surface area (TPSA) is 43.0 Å². The maximum Gasteiger partial charge on any atom is 0.143 e. The van der Waals surface area contributed by atoms with E-state index in [9.17, 15) is 0 Å². The highest BCUT2D eigenvalue weighted by Crippen LogP contribution is 2.32. The van der Waals surface area contributed by atoms with E-state index in [1.165, 1.54) is 0 Å². The Morgan fingerprint density at radius 3 is 2.90 bits per heavy atom. The Hall–Kier alpha value is -1.72. The van der Waals surface area contributed by atoms with Crippen molar-refractivity contribution in [1.29, 1.82) is 0 Å². The SMILES string of the molecule is Cn1ccnc1C(Nc1cc(Cl)ccc1Br)c1ccco1. The molecule has 0 aliphatic rings. The van der Waals surface area contributed by atoms with Gasteiger partial charge in [0, 0.05) is 28.9 Å². The molecule has 1 aromatic carbocycles. The molecule has 1 atom stereocenters. The van der Waals surface area contributed by atoms with Gasteiger partial charge in [0.25, 0.3) is 0 Å². The van der Waals surface area contributed by atoms with E-state index >= 15 is 0 Å². The number of aromatic nitrogens is 2. The molecule has 1 N–H and O–H groups in total. The number of furan rings is 1. The second kappa shape index (κ2) is 5.95. The number of nitrogens with zero attached hydrogens (tertiary/aromatic N) is 2. The van der Waals surface area contributed by atoms with Gasteiger partial charge in [0.05, 0.1) is 12.0 Å². The highest BCUT2D eigenvalue weighted by molar-refractivity contribution is 9.10. The fourth-order valence-corrected chi connectivity index (χ4v) is 2.67. The zero-order valence-corrected chi connectivity index (χ0v) is 13.6. The number of nitrogens with one attached hydrogen (secondary N) is 1. The lowest BCUT2D eigenvalue weighted by atomic mass is 10.2. The molecule has 0 fully saturated rings. The lowest BCUT2D eigenvalue weighted by molar-refractivity contribution is 0.488. The summed E-state index contributed by atoms with van der Waals surface area (Å²) >= 11 is 9.60. The number of hydrogen-bond acceptors (Lipinski definition) is 3. The number of rotatable bonds is 4. The second-order valence-corrected chi connectivity index (χ2v) is 5.90. The summed E-state index contributed by atoms with van der Waals surface area (Å²) in [5.41, 5.74) is 0.881. The van der Waals surface area contributed by atoms with Gasteiger partial charge in [0.1, 0.15) is 17.6 Å². The first-order valence-corrected chi connectivity index (χ1v) is 7.54. The first-order valence-electron chi connectivity index (χ1n) is 6.37. The summed E-state index contributed by atoms with van der Waals surface area (Å²) in [7, 11) is 1.95. The van der Waals surface area contributed by atoms with Crippen LogP contribution < -0.4 is 5.32 Å². The van der Waals surface area contributed by atoms with Crippen LogP contribution in [0.3, 0.4) is 0 Å². The van der Waals surface area contributed by atoms with Crippen molar-refractivity contribution in [3.05, 3.63) is 70.1 Å². The average Bonchev–Trinajstić information content (AvgIpc) is 3.11. The van der Waals surface area contributed by atoms with Crippen LogP contribution in [0, 0.1) is 0 Å². The first-order chi connectivity index (χ1) is 10.1. The molecule has 6 heteroatoms. The minimum absolute atomic E-state index is 0.199. The van der Waals surface area contributed by atoms with Crippen molar-refractivity contribution in [3.63, 3.8) is 0 Å². The van der Waals surface area contributed by atoms with Gasteiger partial charge in [-0.2, -0.15) is 0 Å². The number of aryl methyl sites for hydroxylation is 1.